The molecule has 0 aromatic carbocycles. The van der Waals surface area contributed by atoms with E-state index >= 15 is 0 Å². The van der Waals surface area contributed by atoms with E-state index in [2.05, 4.69) is 26.8 Å². The van der Waals surface area contributed by atoms with Crippen molar-refractivity contribution in [2.45, 2.75) is 78.4 Å². The van der Waals surface area contributed by atoms with Gasteiger partial charge in [0.1, 0.15) is 13.0 Å². The predicted octanol–water partition coefficient (Wildman–Crippen LogP) is 4.57. The highest BCUT2D eigenvalue weighted by atomic mass is 16.7. The second-order valence-corrected chi connectivity index (χ2v) is 10.1. The molecule has 0 aromatic rings. The van der Waals surface area contributed by atoms with Gasteiger partial charge in [0.05, 0.1) is 6.61 Å². The summed E-state index contributed by atoms with van der Waals surface area (Å²) in [6.45, 7) is 8.19. The lowest BCUT2D eigenvalue weighted by Crippen LogP contribution is -2.50. The van der Waals surface area contributed by atoms with Crippen molar-refractivity contribution in [1.82, 2.24) is 0 Å². The predicted molar refractivity (Wildman–Crippen MR) is 113 cm³/mol. The summed E-state index contributed by atoms with van der Waals surface area (Å²) in [6.07, 6.45) is 9.31. The fraction of sp³-hybridized carbons (Fsp3) is 0.833. The molecule has 30 heavy (non-hydrogen) atoms. The number of esters is 1. The van der Waals surface area contributed by atoms with Crippen LogP contribution in [-0.4, -0.2) is 43.7 Å². The first-order chi connectivity index (χ1) is 14.2. The molecule has 1 aliphatic heterocycles. The van der Waals surface area contributed by atoms with Crippen LogP contribution in [0.25, 0.3) is 0 Å². The van der Waals surface area contributed by atoms with Gasteiger partial charge in [-0.3, -0.25) is 9.59 Å². The summed E-state index contributed by atoms with van der Waals surface area (Å²) >= 11 is 0. The third-order valence-corrected chi connectivity index (χ3v) is 8.45. The Balaban J connectivity index is 1.68. The molecule has 0 radical (unpaired) electrons. The lowest BCUT2D eigenvalue weighted by Gasteiger charge is -2.58. The van der Waals surface area contributed by atoms with Gasteiger partial charge in [-0.05, 0) is 72.7 Å². The molecule has 0 spiro atoms. The molecule has 1 heterocycles. The van der Waals surface area contributed by atoms with Crippen LogP contribution in [0.5, 0.6) is 0 Å². The van der Waals surface area contributed by atoms with E-state index < -0.39 is 18.4 Å². The first kappa shape index (κ1) is 23.3. The van der Waals surface area contributed by atoms with Gasteiger partial charge < -0.3 is 19.3 Å². The van der Waals surface area contributed by atoms with E-state index in [9.17, 15) is 9.59 Å². The Morgan fingerprint density at radius 1 is 1.30 bits per heavy atom. The van der Waals surface area contributed by atoms with Crippen molar-refractivity contribution in [2.75, 3.05) is 20.3 Å². The first-order valence-corrected chi connectivity index (χ1v) is 11.4. The molecule has 3 rings (SSSR count). The summed E-state index contributed by atoms with van der Waals surface area (Å²) < 4.78 is 16.4. The summed E-state index contributed by atoms with van der Waals surface area (Å²) in [5.41, 5.74) is 1.41. The molecule has 0 unspecified atom stereocenters. The third kappa shape index (κ3) is 4.75. The Morgan fingerprint density at radius 2 is 2.07 bits per heavy atom. The minimum Gasteiger partial charge on any atom is -0.481 e. The maximum atomic E-state index is 11.8. The van der Waals surface area contributed by atoms with Crippen LogP contribution in [0.1, 0.15) is 72.1 Å². The molecule has 6 atom stereocenters. The number of fused-ring (bicyclic) bond motifs is 1. The number of allylic oxidation sites excluding steroid dienone is 1. The Labute approximate surface area is 180 Å². The number of rotatable bonds is 8. The van der Waals surface area contributed by atoms with E-state index in [0.717, 1.165) is 45.1 Å². The molecule has 0 amide bonds. The number of carboxylic acids is 1. The smallest absolute Gasteiger partial charge is 0.317 e. The van der Waals surface area contributed by atoms with Gasteiger partial charge >= 0.3 is 11.9 Å². The summed E-state index contributed by atoms with van der Waals surface area (Å²) in [5.74, 6) is -0.0670. The Kier molecular flexibility index (Phi) is 7.28. The van der Waals surface area contributed by atoms with Crippen LogP contribution in [0, 0.1) is 28.6 Å². The Bertz CT molecular complexity index is 673. The van der Waals surface area contributed by atoms with Crippen LogP contribution in [0.4, 0.5) is 0 Å². The van der Waals surface area contributed by atoms with Crippen LogP contribution >= 0.6 is 0 Å². The highest BCUT2D eigenvalue weighted by Crippen LogP contribution is 2.62. The van der Waals surface area contributed by atoms with Crippen molar-refractivity contribution in [1.29, 1.82) is 0 Å². The minimum atomic E-state index is -1.15. The zero-order valence-corrected chi connectivity index (χ0v) is 18.9. The molecule has 170 valence electrons. The number of ether oxygens (including phenoxy) is 3. The Morgan fingerprint density at radius 3 is 2.73 bits per heavy atom. The highest BCUT2D eigenvalue weighted by molar-refractivity contribution is 5.90. The number of methoxy groups -OCH3 is 1. The molecule has 0 aromatic heterocycles. The van der Waals surface area contributed by atoms with E-state index in [4.69, 9.17) is 19.3 Å². The maximum Gasteiger partial charge on any atom is 0.317 e. The van der Waals surface area contributed by atoms with Crippen molar-refractivity contribution in [3.05, 3.63) is 11.6 Å². The first-order valence-electron chi connectivity index (χ1n) is 11.4. The molecule has 1 saturated heterocycles. The van der Waals surface area contributed by atoms with Gasteiger partial charge in [-0.15, -0.1) is 0 Å². The van der Waals surface area contributed by atoms with Crippen LogP contribution in [0.15, 0.2) is 11.6 Å². The number of carboxylic acid groups (broad SMARTS) is 1. The van der Waals surface area contributed by atoms with Gasteiger partial charge in [0.2, 0.25) is 0 Å². The SMILES string of the molecule is CO[C@H]1C[C@@H](CC[C@@]2(C)[C@H](C)CC[C@@]3(C)C(COC(=O)CC(=O)O)=CCC[C@H]23)CO1. The van der Waals surface area contributed by atoms with E-state index in [1.807, 2.05) is 0 Å². The molecule has 3 aliphatic rings. The van der Waals surface area contributed by atoms with Crippen LogP contribution in [0.2, 0.25) is 0 Å². The standard InChI is InChI=1S/C24H38O6/c1-16-8-10-24(3)18(15-29-21(27)13-20(25)26)6-5-7-19(24)23(16,2)11-9-17-12-22(28-4)30-14-17/h6,16-17,19,22H,5,7-15H2,1-4H3,(H,25,26)/t16-,17-,19-,22-,23+,24+/m1/s1. The molecule has 6 heteroatoms. The van der Waals surface area contributed by atoms with E-state index in [0.29, 0.717) is 17.8 Å². The number of aliphatic carboxylic acids is 1. The fourth-order valence-electron chi connectivity index (χ4n) is 6.29. The van der Waals surface area contributed by atoms with Crippen molar-refractivity contribution in [3.63, 3.8) is 0 Å². The number of hydrogen-bond donors (Lipinski definition) is 1. The van der Waals surface area contributed by atoms with Gasteiger partial charge in [-0.1, -0.05) is 26.8 Å². The van der Waals surface area contributed by atoms with E-state index in [1.54, 1.807) is 7.11 Å². The van der Waals surface area contributed by atoms with Gasteiger partial charge in [0.25, 0.3) is 0 Å². The normalized spacial score (nSPS) is 38.6. The van der Waals surface area contributed by atoms with Crippen molar-refractivity contribution in [3.8, 4) is 0 Å². The van der Waals surface area contributed by atoms with Crippen molar-refractivity contribution in [2.24, 2.45) is 28.6 Å². The third-order valence-electron chi connectivity index (χ3n) is 8.45. The van der Waals surface area contributed by atoms with Gasteiger partial charge in [-0.25, -0.2) is 0 Å². The van der Waals surface area contributed by atoms with Gasteiger partial charge in [-0.2, -0.15) is 0 Å². The van der Waals surface area contributed by atoms with Crippen LogP contribution in [-0.2, 0) is 23.8 Å². The summed E-state index contributed by atoms with van der Waals surface area (Å²) in [4.78, 5) is 22.5. The molecule has 2 aliphatic carbocycles. The lowest BCUT2D eigenvalue weighted by atomic mass is 9.46. The van der Waals surface area contributed by atoms with E-state index in [1.165, 1.54) is 12.0 Å². The van der Waals surface area contributed by atoms with E-state index in [-0.39, 0.29) is 23.7 Å². The maximum absolute atomic E-state index is 11.8. The molecule has 0 bridgehead atoms. The zero-order chi connectivity index (χ0) is 21.9. The minimum absolute atomic E-state index is 0.00422. The molecular weight excluding hydrogens is 384 g/mol. The second-order valence-electron chi connectivity index (χ2n) is 10.1. The lowest BCUT2D eigenvalue weighted by molar-refractivity contribution is -0.151. The molecular formula is C24H38O6. The fourth-order valence-corrected chi connectivity index (χ4v) is 6.29. The molecule has 1 N–H and O–H groups in total. The molecule has 6 nitrogen and oxygen atoms in total. The van der Waals surface area contributed by atoms with Gasteiger partial charge in [0, 0.05) is 13.5 Å². The van der Waals surface area contributed by atoms with Crippen LogP contribution in [0.3, 0.4) is 0 Å². The van der Waals surface area contributed by atoms with Gasteiger partial charge in [0.15, 0.2) is 6.29 Å². The van der Waals surface area contributed by atoms with Crippen LogP contribution < -0.4 is 0 Å². The second kappa shape index (κ2) is 9.39. The summed E-state index contributed by atoms with van der Waals surface area (Å²) in [6, 6.07) is 0. The summed E-state index contributed by atoms with van der Waals surface area (Å²) in [5, 5.41) is 8.81. The number of carbonyl (C=O) groups excluding carboxylic acids is 1. The average Bonchev–Trinajstić information content (AvgIpc) is 3.16. The zero-order valence-electron chi connectivity index (χ0n) is 18.9. The number of carbonyl (C=O) groups is 2. The monoisotopic (exact) mass is 422 g/mol. The average molecular weight is 423 g/mol. The quantitative estimate of drug-likeness (QED) is 0.350. The molecule has 2 fully saturated rings. The molecule has 1 saturated carbocycles. The van der Waals surface area contributed by atoms with Crippen molar-refractivity contribution < 1.29 is 28.9 Å². The number of hydrogen-bond acceptors (Lipinski definition) is 5. The largest absolute Gasteiger partial charge is 0.481 e. The summed E-state index contributed by atoms with van der Waals surface area (Å²) in [7, 11) is 1.71. The highest BCUT2D eigenvalue weighted by Gasteiger charge is 2.54. The topological polar surface area (TPSA) is 82.1 Å². The Hall–Kier alpha value is -1.40. The van der Waals surface area contributed by atoms with Crippen molar-refractivity contribution >= 4 is 11.9 Å².